The molecule has 112 valence electrons. The average molecular weight is 309 g/mol. The molecule has 0 bridgehead atoms. The fourth-order valence-corrected chi connectivity index (χ4v) is 3.00. The quantitative estimate of drug-likeness (QED) is 0.866. The molecule has 0 amide bonds. The third-order valence-electron chi connectivity index (χ3n) is 3.12. The monoisotopic (exact) mass is 309 g/mol. The second-order valence-corrected chi connectivity index (χ2v) is 6.08. The van der Waals surface area contributed by atoms with E-state index in [-0.39, 0.29) is 16.2 Å². The summed E-state index contributed by atoms with van der Waals surface area (Å²) < 4.78 is 36.2. The van der Waals surface area contributed by atoms with Crippen LogP contribution in [-0.4, -0.2) is 35.7 Å². The first kappa shape index (κ1) is 15.3. The van der Waals surface area contributed by atoms with Gasteiger partial charge in [-0.25, -0.2) is 17.9 Å². The molecule has 0 unspecified atom stereocenters. The molecule has 0 aliphatic rings. The molecule has 0 aliphatic carbocycles. The maximum atomic E-state index is 12.0. The Balaban J connectivity index is 2.82. The molecular weight excluding hydrogens is 294 g/mol. The summed E-state index contributed by atoms with van der Waals surface area (Å²) in [5.74, 6) is -0.288. The Morgan fingerprint density at radius 3 is 2.48 bits per heavy atom. The molecule has 0 radical (unpaired) electrons. The summed E-state index contributed by atoms with van der Waals surface area (Å²) in [5, 5.41) is 1.07. The van der Waals surface area contributed by atoms with Crippen molar-refractivity contribution in [3.05, 3.63) is 35.9 Å². The lowest BCUT2D eigenvalue weighted by molar-refractivity contribution is 0.0597. The molecule has 7 heteroatoms. The van der Waals surface area contributed by atoms with Crippen molar-refractivity contribution in [2.24, 2.45) is 0 Å². The Hall–Kier alpha value is -2.12. The lowest BCUT2D eigenvalue weighted by Gasteiger charge is -2.11. The molecule has 0 saturated carbocycles. The number of methoxy groups -OCH3 is 2. The van der Waals surface area contributed by atoms with E-state index in [2.05, 4.69) is 4.72 Å². The van der Waals surface area contributed by atoms with Crippen LogP contribution in [0.2, 0.25) is 0 Å². The lowest BCUT2D eigenvalue weighted by atomic mass is 10.1. The Labute approximate surface area is 122 Å². The van der Waals surface area contributed by atoms with Gasteiger partial charge in [0, 0.05) is 5.39 Å². The van der Waals surface area contributed by atoms with E-state index >= 15 is 0 Å². The first-order valence-electron chi connectivity index (χ1n) is 6.07. The molecule has 1 N–H and O–H groups in total. The van der Waals surface area contributed by atoms with Crippen LogP contribution < -0.4 is 9.46 Å². The number of benzene rings is 2. The number of esters is 1. The van der Waals surface area contributed by atoms with Crippen molar-refractivity contribution >= 4 is 26.8 Å². The van der Waals surface area contributed by atoms with Gasteiger partial charge in [0.1, 0.15) is 11.3 Å². The minimum Gasteiger partial charge on any atom is -0.496 e. The first-order chi connectivity index (χ1) is 9.94. The van der Waals surface area contributed by atoms with Crippen molar-refractivity contribution in [1.82, 2.24) is 4.72 Å². The highest BCUT2D eigenvalue weighted by Gasteiger charge is 2.19. The summed E-state index contributed by atoms with van der Waals surface area (Å²) >= 11 is 0. The van der Waals surface area contributed by atoms with Crippen molar-refractivity contribution in [1.29, 1.82) is 0 Å². The number of carbonyl (C=O) groups excluding carboxylic acids is 1. The molecule has 0 saturated heterocycles. The molecule has 2 rings (SSSR count). The van der Waals surface area contributed by atoms with E-state index in [0.29, 0.717) is 10.8 Å². The fourth-order valence-electron chi connectivity index (χ4n) is 2.06. The van der Waals surface area contributed by atoms with Crippen molar-refractivity contribution in [3.63, 3.8) is 0 Å². The van der Waals surface area contributed by atoms with E-state index in [9.17, 15) is 13.2 Å². The molecule has 0 aromatic heterocycles. The second-order valence-electron chi connectivity index (χ2n) is 4.23. The smallest absolute Gasteiger partial charge is 0.341 e. The summed E-state index contributed by atoms with van der Waals surface area (Å²) in [6.45, 7) is 0. The predicted molar refractivity (Wildman–Crippen MR) is 78.1 cm³/mol. The zero-order chi connectivity index (χ0) is 15.6. The van der Waals surface area contributed by atoms with Gasteiger partial charge >= 0.3 is 5.97 Å². The number of carbonyl (C=O) groups is 1. The molecule has 0 fully saturated rings. The van der Waals surface area contributed by atoms with Crippen LogP contribution in [0.25, 0.3) is 10.8 Å². The number of ether oxygens (including phenoxy) is 2. The SMILES string of the molecule is CNS(=O)(=O)c1cccc2cc(C(=O)OC)c(OC)cc12. The number of nitrogens with one attached hydrogen (secondary N) is 1. The van der Waals surface area contributed by atoms with Crippen LogP contribution in [0, 0.1) is 0 Å². The van der Waals surface area contributed by atoms with Gasteiger partial charge < -0.3 is 9.47 Å². The highest BCUT2D eigenvalue weighted by molar-refractivity contribution is 7.89. The van der Waals surface area contributed by atoms with E-state index < -0.39 is 16.0 Å². The number of hydrogen-bond acceptors (Lipinski definition) is 5. The van der Waals surface area contributed by atoms with Crippen molar-refractivity contribution < 1.29 is 22.7 Å². The van der Waals surface area contributed by atoms with Crippen LogP contribution in [0.5, 0.6) is 5.75 Å². The topological polar surface area (TPSA) is 81.7 Å². The Morgan fingerprint density at radius 2 is 1.90 bits per heavy atom. The van der Waals surface area contributed by atoms with Gasteiger partial charge in [0.2, 0.25) is 10.0 Å². The summed E-state index contributed by atoms with van der Waals surface area (Å²) in [7, 11) is 0.409. The summed E-state index contributed by atoms with van der Waals surface area (Å²) in [5.41, 5.74) is 0.242. The molecule has 6 nitrogen and oxygen atoms in total. The highest BCUT2D eigenvalue weighted by atomic mass is 32.2. The zero-order valence-electron chi connectivity index (χ0n) is 11.8. The number of rotatable bonds is 4. The third-order valence-corrected chi connectivity index (χ3v) is 4.60. The third kappa shape index (κ3) is 2.70. The zero-order valence-corrected chi connectivity index (χ0v) is 12.7. The maximum Gasteiger partial charge on any atom is 0.341 e. The Bertz CT molecular complexity index is 798. The Morgan fingerprint density at radius 1 is 1.19 bits per heavy atom. The fraction of sp³-hybridized carbons (Fsp3) is 0.214. The molecule has 0 spiro atoms. The van der Waals surface area contributed by atoms with Gasteiger partial charge in [-0.15, -0.1) is 0 Å². The van der Waals surface area contributed by atoms with E-state index in [1.165, 1.54) is 33.4 Å². The molecule has 21 heavy (non-hydrogen) atoms. The van der Waals surface area contributed by atoms with Gasteiger partial charge in [0.05, 0.1) is 19.1 Å². The highest BCUT2D eigenvalue weighted by Crippen LogP contribution is 2.30. The van der Waals surface area contributed by atoms with Crippen LogP contribution in [0.15, 0.2) is 35.2 Å². The van der Waals surface area contributed by atoms with Crippen molar-refractivity contribution in [2.75, 3.05) is 21.3 Å². The maximum absolute atomic E-state index is 12.0. The van der Waals surface area contributed by atoms with Gasteiger partial charge in [-0.2, -0.15) is 0 Å². The number of sulfonamides is 1. The first-order valence-corrected chi connectivity index (χ1v) is 7.55. The van der Waals surface area contributed by atoms with Gasteiger partial charge in [0.25, 0.3) is 0 Å². The molecule has 0 heterocycles. The van der Waals surface area contributed by atoms with Gasteiger partial charge in [-0.3, -0.25) is 0 Å². The number of hydrogen-bond donors (Lipinski definition) is 1. The number of fused-ring (bicyclic) bond motifs is 1. The molecule has 0 atom stereocenters. The van der Waals surface area contributed by atoms with Crippen LogP contribution >= 0.6 is 0 Å². The summed E-state index contributed by atoms with van der Waals surface area (Å²) in [6.07, 6.45) is 0. The molecule has 2 aromatic carbocycles. The van der Waals surface area contributed by atoms with Crippen LogP contribution in [-0.2, 0) is 14.8 Å². The van der Waals surface area contributed by atoms with Crippen LogP contribution in [0.3, 0.4) is 0 Å². The summed E-state index contributed by atoms with van der Waals surface area (Å²) in [6, 6.07) is 7.89. The van der Waals surface area contributed by atoms with E-state index in [0.717, 1.165) is 0 Å². The normalized spacial score (nSPS) is 11.4. The molecule has 0 aliphatic heterocycles. The summed E-state index contributed by atoms with van der Waals surface area (Å²) in [4.78, 5) is 11.9. The second kappa shape index (κ2) is 5.71. The standard InChI is InChI=1S/C14H15NO5S/c1-15-21(17,18)13-6-4-5-9-7-11(14(16)20-3)12(19-2)8-10(9)13/h4-8,15H,1-3H3. The molecular formula is C14H15NO5S. The van der Waals surface area contributed by atoms with E-state index in [4.69, 9.17) is 9.47 Å². The van der Waals surface area contributed by atoms with Gasteiger partial charge in [-0.1, -0.05) is 12.1 Å². The van der Waals surface area contributed by atoms with Crippen molar-refractivity contribution in [2.45, 2.75) is 4.90 Å². The van der Waals surface area contributed by atoms with Crippen LogP contribution in [0.4, 0.5) is 0 Å². The average Bonchev–Trinajstić information content (AvgIpc) is 2.51. The van der Waals surface area contributed by atoms with Gasteiger partial charge in [-0.05, 0) is 30.6 Å². The molecule has 2 aromatic rings. The minimum absolute atomic E-state index is 0.122. The minimum atomic E-state index is -3.61. The Kier molecular flexibility index (Phi) is 4.15. The van der Waals surface area contributed by atoms with E-state index in [1.807, 2.05) is 0 Å². The predicted octanol–water partition coefficient (Wildman–Crippen LogP) is 1.54. The van der Waals surface area contributed by atoms with E-state index in [1.54, 1.807) is 18.2 Å². The van der Waals surface area contributed by atoms with Crippen LogP contribution in [0.1, 0.15) is 10.4 Å². The largest absolute Gasteiger partial charge is 0.496 e. The lowest BCUT2D eigenvalue weighted by Crippen LogP contribution is -2.18. The van der Waals surface area contributed by atoms with Gasteiger partial charge in [0.15, 0.2) is 0 Å². The van der Waals surface area contributed by atoms with Crippen molar-refractivity contribution in [3.8, 4) is 5.75 Å².